The van der Waals surface area contributed by atoms with Crippen LogP contribution in [0.2, 0.25) is 5.02 Å². The predicted octanol–water partition coefficient (Wildman–Crippen LogP) is 2.85. The van der Waals surface area contributed by atoms with E-state index in [1.807, 2.05) is 32.9 Å². The van der Waals surface area contributed by atoms with Crippen molar-refractivity contribution in [1.82, 2.24) is 10.3 Å². The number of nitrogens with one attached hydrogen (secondary N) is 1. The summed E-state index contributed by atoms with van der Waals surface area (Å²) in [5, 5.41) is 4.82. The van der Waals surface area contributed by atoms with Crippen LogP contribution in [-0.4, -0.2) is 28.2 Å². The fourth-order valence-corrected chi connectivity index (χ4v) is 2.85. The number of carbonyl (C=O) groups excluding carboxylic acids is 1. The van der Waals surface area contributed by atoms with Crippen LogP contribution in [0.4, 0.5) is 0 Å². The Morgan fingerprint density at radius 1 is 1.55 bits per heavy atom. The standard InChI is InChI=1S/C14H22ClN3OS/c1-10(2)18-14(3,13(16)19)7-4-8-20-12-6-5-11(15)9-17-12/h5-6,9-10,18H,4,7-8H2,1-3H3,(H2,16,19). The third kappa shape index (κ3) is 5.69. The summed E-state index contributed by atoms with van der Waals surface area (Å²) >= 11 is 7.44. The van der Waals surface area contributed by atoms with Gasteiger partial charge in [0.1, 0.15) is 0 Å². The molecule has 1 aromatic rings. The lowest BCUT2D eigenvalue weighted by molar-refractivity contribution is -0.124. The SMILES string of the molecule is CC(C)NC(C)(CCCSc1ccc(Cl)cn1)C(N)=O. The first-order chi connectivity index (χ1) is 9.33. The van der Waals surface area contributed by atoms with Gasteiger partial charge in [-0.15, -0.1) is 11.8 Å². The zero-order chi connectivity index (χ0) is 15.2. The van der Waals surface area contributed by atoms with E-state index >= 15 is 0 Å². The molecule has 1 atom stereocenters. The lowest BCUT2D eigenvalue weighted by Crippen LogP contribution is -2.55. The van der Waals surface area contributed by atoms with Crippen LogP contribution in [0.25, 0.3) is 0 Å². The van der Waals surface area contributed by atoms with E-state index in [2.05, 4.69) is 10.3 Å². The molecular weight excluding hydrogens is 294 g/mol. The zero-order valence-corrected chi connectivity index (χ0v) is 13.7. The third-order valence-corrected chi connectivity index (χ3v) is 4.18. The van der Waals surface area contributed by atoms with Crippen LogP contribution in [0.15, 0.2) is 23.4 Å². The van der Waals surface area contributed by atoms with Crippen molar-refractivity contribution in [3.8, 4) is 0 Å². The van der Waals surface area contributed by atoms with Gasteiger partial charge in [0, 0.05) is 12.2 Å². The minimum absolute atomic E-state index is 0.220. The van der Waals surface area contributed by atoms with Crippen molar-refractivity contribution in [2.45, 2.75) is 50.2 Å². The van der Waals surface area contributed by atoms with Crippen molar-refractivity contribution in [2.24, 2.45) is 5.73 Å². The summed E-state index contributed by atoms with van der Waals surface area (Å²) in [5.41, 5.74) is 4.84. The number of nitrogens with two attached hydrogens (primary N) is 1. The Morgan fingerprint density at radius 3 is 2.75 bits per heavy atom. The lowest BCUT2D eigenvalue weighted by atomic mass is 9.94. The van der Waals surface area contributed by atoms with Gasteiger partial charge in [0.05, 0.1) is 15.6 Å². The van der Waals surface area contributed by atoms with E-state index in [4.69, 9.17) is 17.3 Å². The summed E-state index contributed by atoms with van der Waals surface area (Å²) in [4.78, 5) is 15.8. The highest BCUT2D eigenvalue weighted by Gasteiger charge is 2.30. The van der Waals surface area contributed by atoms with Crippen LogP contribution in [0.3, 0.4) is 0 Å². The van der Waals surface area contributed by atoms with Gasteiger partial charge in [-0.25, -0.2) is 4.98 Å². The quantitative estimate of drug-likeness (QED) is 0.572. The van der Waals surface area contributed by atoms with Crippen molar-refractivity contribution in [3.05, 3.63) is 23.4 Å². The average molecular weight is 316 g/mol. The van der Waals surface area contributed by atoms with E-state index < -0.39 is 5.54 Å². The highest BCUT2D eigenvalue weighted by Crippen LogP contribution is 2.21. The molecule has 0 spiro atoms. The van der Waals surface area contributed by atoms with Crippen molar-refractivity contribution < 1.29 is 4.79 Å². The molecule has 1 aromatic heterocycles. The molecule has 0 saturated carbocycles. The van der Waals surface area contributed by atoms with Gasteiger partial charge in [-0.05, 0) is 51.5 Å². The number of primary amides is 1. The molecule has 0 bridgehead atoms. The third-order valence-electron chi connectivity index (χ3n) is 2.92. The maximum Gasteiger partial charge on any atom is 0.237 e. The fourth-order valence-electron chi connectivity index (χ4n) is 1.95. The molecular formula is C14H22ClN3OS. The number of amides is 1. The number of carbonyl (C=O) groups is 1. The van der Waals surface area contributed by atoms with E-state index in [9.17, 15) is 4.79 Å². The Bertz CT molecular complexity index is 439. The van der Waals surface area contributed by atoms with E-state index in [1.54, 1.807) is 18.0 Å². The number of hydrogen-bond donors (Lipinski definition) is 2. The second-order valence-corrected chi connectivity index (χ2v) is 6.81. The number of thioether (sulfide) groups is 1. The minimum Gasteiger partial charge on any atom is -0.368 e. The normalized spacial score (nSPS) is 14.2. The van der Waals surface area contributed by atoms with Gasteiger partial charge >= 0.3 is 0 Å². The van der Waals surface area contributed by atoms with E-state index in [0.29, 0.717) is 11.4 Å². The summed E-state index contributed by atoms with van der Waals surface area (Å²) in [6.45, 7) is 5.88. The van der Waals surface area contributed by atoms with E-state index in [0.717, 1.165) is 17.2 Å². The van der Waals surface area contributed by atoms with Crippen molar-refractivity contribution in [1.29, 1.82) is 0 Å². The molecule has 1 unspecified atom stereocenters. The Morgan fingerprint density at radius 2 is 2.25 bits per heavy atom. The van der Waals surface area contributed by atoms with Gasteiger partial charge in [-0.1, -0.05) is 11.6 Å². The first kappa shape index (κ1) is 17.3. The number of hydrogen-bond acceptors (Lipinski definition) is 4. The molecule has 20 heavy (non-hydrogen) atoms. The van der Waals surface area contributed by atoms with Crippen LogP contribution < -0.4 is 11.1 Å². The number of rotatable bonds is 8. The van der Waals surface area contributed by atoms with Gasteiger partial charge in [-0.2, -0.15) is 0 Å². The molecule has 0 aliphatic carbocycles. The van der Waals surface area contributed by atoms with Crippen LogP contribution in [0, 0.1) is 0 Å². The number of nitrogens with zero attached hydrogens (tertiary/aromatic N) is 1. The smallest absolute Gasteiger partial charge is 0.237 e. The molecule has 4 nitrogen and oxygen atoms in total. The van der Waals surface area contributed by atoms with Gasteiger partial charge in [0.25, 0.3) is 0 Å². The first-order valence-corrected chi connectivity index (χ1v) is 8.02. The topological polar surface area (TPSA) is 68.0 Å². The Hall–Kier alpha value is -0.780. The van der Waals surface area contributed by atoms with Crippen LogP contribution in [0.5, 0.6) is 0 Å². The molecule has 0 aliphatic rings. The monoisotopic (exact) mass is 315 g/mol. The molecule has 6 heteroatoms. The summed E-state index contributed by atoms with van der Waals surface area (Å²) in [6, 6.07) is 3.94. The molecule has 0 radical (unpaired) electrons. The van der Waals surface area contributed by atoms with Crippen LogP contribution in [-0.2, 0) is 4.79 Å². The van der Waals surface area contributed by atoms with Crippen molar-refractivity contribution in [2.75, 3.05) is 5.75 Å². The summed E-state index contributed by atoms with van der Waals surface area (Å²) in [5.74, 6) is 0.581. The van der Waals surface area contributed by atoms with Gasteiger partial charge in [0.15, 0.2) is 0 Å². The van der Waals surface area contributed by atoms with Crippen LogP contribution >= 0.6 is 23.4 Å². The molecule has 0 fully saturated rings. The summed E-state index contributed by atoms with van der Waals surface area (Å²) in [7, 11) is 0. The Labute approximate surface area is 129 Å². The largest absolute Gasteiger partial charge is 0.368 e. The number of aromatic nitrogens is 1. The van der Waals surface area contributed by atoms with Gasteiger partial charge in [0.2, 0.25) is 5.91 Å². The maximum absolute atomic E-state index is 11.6. The highest BCUT2D eigenvalue weighted by atomic mass is 35.5. The van der Waals surface area contributed by atoms with Crippen LogP contribution in [0.1, 0.15) is 33.6 Å². The zero-order valence-electron chi connectivity index (χ0n) is 12.1. The molecule has 1 amide bonds. The van der Waals surface area contributed by atoms with Crippen molar-refractivity contribution >= 4 is 29.3 Å². The fraction of sp³-hybridized carbons (Fsp3) is 0.571. The lowest BCUT2D eigenvalue weighted by Gasteiger charge is -2.29. The van der Waals surface area contributed by atoms with E-state index in [1.165, 1.54) is 0 Å². The second-order valence-electron chi connectivity index (χ2n) is 5.26. The Balaban J connectivity index is 2.41. The molecule has 0 aromatic carbocycles. The Kier molecular flexibility index (Phi) is 6.79. The molecule has 0 saturated heterocycles. The van der Waals surface area contributed by atoms with Gasteiger partial charge < -0.3 is 11.1 Å². The molecule has 112 valence electrons. The van der Waals surface area contributed by atoms with Crippen molar-refractivity contribution in [3.63, 3.8) is 0 Å². The molecule has 3 N–H and O–H groups in total. The second kappa shape index (κ2) is 7.86. The molecule has 1 heterocycles. The van der Waals surface area contributed by atoms with Gasteiger partial charge in [-0.3, -0.25) is 4.79 Å². The molecule has 0 aliphatic heterocycles. The maximum atomic E-state index is 11.6. The molecule has 1 rings (SSSR count). The summed E-state index contributed by atoms with van der Waals surface area (Å²) < 4.78 is 0. The number of halogens is 1. The predicted molar refractivity (Wildman–Crippen MR) is 85.1 cm³/mol. The summed E-state index contributed by atoms with van der Waals surface area (Å²) in [6.07, 6.45) is 3.23. The highest BCUT2D eigenvalue weighted by molar-refractivity contribution is 7.99. The van der Waals surface area contributed by atoms with E-state index in [-0.39, 0.29) is 11.9 Å². The minimum atomic E-state index is -0.651. The average Bonchev–Trinajstić information content (AvgIpc) is 2.36. The first-order valence-electron chi connectivity index (χ1n) is 6.65. The number of pyridine rings is 1.